The minimum Gasteiger partial charge on any atom is -0.386 e. The Labute approximate surface area is 84.0 Å². The SMILES string of the molecule is CCC1(CC)C(N)=NC(=NC)N=C1N. The zero-order valence-corrected chi connectivity index (χ0v) is 8.91. The van der Waals surface area contributed by atoms with Gasteiger partial charge < -0.3 is 11.5 Å². The number of hydrogen-bond acceptors (Lipinski definition) is 3. The molecule has 78 valence electrons. The van der Waals surface area contributed by atoms with Gasteiger partial charge in [0.1, 0.15) is 11.7 Å². The molecule has 1 heterocycles. The fraction of sp³-hybridized carbons (Fsp3) is 0.667. The predicted molar refractivity (Wildman–Crippen MR) is 59.6 cm³/mol. The minimum absolute atomic E-state index is 0.359. The van der Waals surface area contributed by atoms with Gasteiger partial charge in [-0.15, -0.1) is 0 Å². The largest absolute Gasteiger partial charge is 0.386 e. The van der Waals surface area contributed by atoms with E-state index >= 15 is 0 Å². The lowest BCUT2D eigenvalue weighted by Crippen LogP contribution is -2.49. The van der Waals surface area contributed by atoms with E-state index in [0.29, 0.717) is 17.6 Å². The molecule has 0 unspecified atom stereocenters. The van der Waals surface area contributed by atoms with Gasteiger partial charge in [0.15, 0.2) is 0 Å². The Morgan fingerprint density at radius 3 is 1.86 bits per heavy atom. The van der Waals surface area contributed by atoms with Crippen molar-refractivity contribution < 1.29 is 0 Å². The van der Waals surface area contributed by atoms with Crippen molar-refractivity contribution in [1.29, 1.82) is 0 Å². The van der Waals surface area contributed by atoms with Gasteiger partial charge in [-0.3, -0.25) is 4.99 Å². The van der Waals surface area contributed by atoms with Crippen molar-refractivity contribution in [2.24, 2.45) is 31.9 Å². The van der Waals surface area contributed by atoms with Crippen LogP contribution in [0.1, 0.15) is 26.7 Å². The van der Waals surface area contributed by atoms with Crippen LogP contribution in [0.4, 0.5) is 0 Å². The second-order valence-electron chi connectivity index (χ2n) is 3.31. The molecule has 0 fully saturated rings. The van der Waals surface area contributed by atoms with E-state index < -0.39 is 0 Å². The van der Waals surface area contributed by atoms with Crippen molar-refractivity contribution in [3.05, 3.63) is 0 Å². The molecule has 0 aliphatic carbocycles. The first kappa shape index (κ1) is 10.7. The molecule has 0 saturated heterocycles. The van der Waals surface area contributed by atoms with Gasteiger partial charge in [0, 0.05) is 7.05 Å². The first-order valence-electron chi connectivity index (χ1n) is 4.76. The molecule has 0 aromatic heterocycles. The number of amidine groups is 2. The third-order valence-corrected chi connectivity index (χ3v) is 2.83. The van der Waals surface area contributed by atoms with Crippen LogP contribution in [-0.4, -0.2) is 24.7 Å². The monoisotopic (exact) mass is 195 g/mol. The summed E-state index contributed by atoms with van der Waals surface area (Å²) in [5.74, 6) is 1.41. The number of guanidine groups is 1. The highest BCUT2D eigenvalue weighted by molar-refractivity contribution is 6.18. The third-order valence-electron chi connectivity index (χ3n) is 2.83. The summed E-state index contributed by atoms with van der Waals surface area (Å²) in [7, 11) is 1.62. The molecule has 4 N–H and O–H groups in total. The molecule has 14 heavy (non-hydrogen) atoms. The van der Waals surface area contributed by atoms with Crippen molar-refractivity contribution >= 4 is 17.6 Å². The van der Waals surface area contributed by atoms with Gasteiger partial charge in [-0.25, -0.2) is 0 Å². The summed E-state index contributed by atoms with van der Waals surface area (Å²) in [6, 6.07) is 0. The second-order valence-corrected chi connectivity index (χ2v) is 3.31. The molecule has 5 heteroatoms. The molecule has 0 amide bonds. The molecule has 5 nitrogen and oxygen atoms in total. The van der Waals surface area contributed by atoms with Crippen LogP contribution in [0.2, 0.25) is 0 Å². The van der Waals surface area contributed by atoms with Crippen molar-refractivity contribution in [2.45, 2.75) is 26.7 Å². The summed E-state index contributed by atoms with van der Waals surface area (Å²) < 4.78 is 0. The number of hydrogen-bond donors (Lipinski definition) is 2. The molecule has 0 bridgehead atoms. The molecule has 0 radical (unpaired) electrons. The lowest BCUT2D eigenvalue weighted by atomic mass is 9.79. The topological polar surface area (TPSA) is 89.1 Å². The summed E-state index contributed by atoms with van der Waals surface area (Å²) in [6.07, 6.45) is 1.62. The van der Waals surface area contributed by atoms with Gasteiger partial charge in [-0.05, 0) is 12.8 Å². The molecule has 1 aliphatic heterocycles. The standard InChI is InChI=1S/C9H17N5/c1-4-9(5-2)6(10)13-8(12-3)14-7(9)11/h4-5H2,1-3H3,(H4,10,11,12,13,14). The maximum absolute atomic E-state index is 5.90. The zero-order valence-electron chi connectivity index (χ0n) is 8.91. The van der Waals surface area contributed by atoms with E-state index in [2.05, 4.69) is 15.0 Å². The van der Waals surface area contributed by atoms with Gasteiger partial charge in [0.25, 0.3) is 0 Å². The van der Waals surface area contributed by atoms with Gasteiger partial charge in [0.2, 0.25) is 5.96 Å². The molecule has 1 aliphatic rings. The first-order chi connectivity index (χ1) is 6.60. The number of aliphatic imine (C=N–C) groups is 3. The van der Waals surface area contributed by atoms with Gasteiger partial charge in [-0.2, -0.15) is 9.98 Å². The highest BCUT2D eigenvalue weighted by atomic mass is 15.2. The van der Waals surface area contributed by atoms with Gasteiger partial charge in [-0.1, -0.05) is 13.8 Å². The minimum atomic E-state index is -0.367. The lowest BCUT2D eigenvalue weighted by molar-refractivity contribution is 0.521. The summed E-state index contributed by atoms with van der Waals surface area (Å²) in [5, 5.41) is 0. The Bertz CT molecular complexity index is 285. The van der Waals surface area contributed by atoms with E-state index in [-0.39, 0.29) is 5.41 Å². The Morgan fingerprint density at radius 1 is 1.14 bits per heavy atom. The third kappa shape index (κ3) is 1.38. The van der Waals surface area contributed by atoms with Crippen molar-refractivity contribution in [3.8, 4) is 0 Å². The van der Waals surface area contributed by atoms with Crippen molar-refractivity contribution in [3.63, 3.8) is 0 Å². The van der Waals surface area contributed by atoms with Gasteiger partial charge in [0.05, 0.1) is 5.41 Å². The smallest absolute Gasteiger partial charge is 0.247 e. The summed E-state index contributed by atoms with van der Waals surface area (Å²) in [6.45, 7) is 4.06. The van der Waals surface area contributed by atoms with Gasteiger partial charge >= 0.3 is 0 Å². The zero-order chi connectivity index (χ0) is 10.8. The van der Waals surface area contributed by atoms with Crippen LogP contribution in [0.25, 0.3) is 0 Å². The van der Waals surface area contributed by atoms with Crippen LogP contribution in [0.15, 0.2) is 15.0 Å². The van der Waals surface area contributed by atoms with Crippen LogP contribution >= 0.6 is 0 Å². The van der Waals surface area contributed by atoms with Crippen LogP contribution < -0.4 is 11.5 Å². The molecular weight excluding hydrogens is 178 g/mol. The summed E-state index contributed by atoms with van der Waals surface area (Å²) >= 11 is 0. The molecular formula is C9H17N5. The van der Waals surface area contributed by atoms with E-state index in [1.54, 1.807) is 7.05 Å². The van der Waals surface area contributed by atoms with Crippen LogP contribution in [-0.2, 0) is 0 Å². The molecule has 0 spiro atoms. The number of nitrogens with zero attached hydrogens (tertiary/aromatic N) is 3. The Hall–Kier alpha value is -1.39. The predicted octanol–water partition coefficient (Wildman–Crippen LogP) is 0.507. The average molecular weight is 195 g/mol. The maximum atomic E-state index is 5.90. The van der Waals surface area contributed by atoms with Crippen molar-refractivity contribution in [1.82, 2.24) is 0 Å². The van der Waals surface area contributed by atoms with Crippen LogP contribution in [0.3, 0.4) is 0 Å². The molecule has 0 atom stereocenters. The lowest BCUT2D eigenvalue weighted by Gasteiger charge is -2.32. The second kappa shape index (κ2) is 3.77. The van der Waals surface area contributed by atoms with Crippen LogP contribution in [0, 0.1) is 5.41 Å². The number of rotatable bonds is 2. The maximum Gasteiger partial charge on any atom is 0.247 e. The van der Waals surface area contributed by atoms with E-state index in [0.717, 1.165) is 12.8 Å². The van der Waals surface area contributed by atoms with E-state index in [1.165, 1.54) is 0 Å². The highest BCUT2D eigenvalue weighted by Crippen LogP contribution is 2.29. The van der Waals surface area contributed by atoms with E-state index in [4.69, 9.17) is 11.5 Å². The van der Waals surface area contributed by atoms with Crippen LogP contribution in [0.5, 0.6) is 0 Å². The summed E-state index contributed by atoms with van der Waals surface area (Å²) in [5.41, 5.74) is 11.4. The normalized spacial score (nSPS) is 20.1. The molecule has 0 aromatic carbocycles. The number of nitrogens with two attached hydrogens (primary N) is 2. The Kier molecular flexibility index (Phi) is 2.88. The van der Waals surface area contributed by atoms with Crippen molar-refractivity contribution in [2.75, 3.05) is 7.05 Å². The van der Waals surface area contributed by atoms with E-state index in [9.17, 15) is 0 Å². The highest BCUT2D eigenvalue weighted by Gasteiger charge is 2.38. The average Bonchev–Trinajstić information content (AvgIpc) is 2.18. The molecule has 1 rings (SSSR count). The Morgan fingerprint density at radius 2 is 1.57 bits per heavy atom. The Balaban J connectivity index is 3.19. The first-order valence-corrected chi connectivity index (χ1v) is 4.76. The molecule has 0 saturated carbocycles. The fourth-order valence-corrected chi connectivity index (χ4v) is 1.66. The summed E-state index contributed by atoms with van der Waals surface area (Å²) in [4.78, 5) is 12.1. The van der Waals surface area contributed by atoms with E-state index in [1.807, 2.05) is 13.8 Å². The quantitative estimate of drug-likeness (QED) is 0.672. The molecule has 0 aromatic rings. The fourth-order valence-electron chi connectivity index (χ4n) is 1.66.